The Morgan fingerprint density at radius 1 is 1.47 bits per heavy atom. The Morgan fingerprint density at radius 2 is 2.24 bits per heavy atom. The van der Waals surface area contributed by atoms with Gasteiger partial charge in [0.2, 0.25) is 0 Å². The third-order valence-corrected chi connectivity index (χ3v) is 3.68. The van der Waals surface area contributed by atoms with Crippen LogP contribution in [0.4, 0.5) is 4.39 Å². The van der Waals surface area contributed by atoms with E-state index in [-0.39, 0.29) is 11.9 Å². The molecule has 1 heterocycles. The summed E-state index contributed by atoms with van der Waals surface area (Å²) in [4.78, 5) is 2.27. The smallest absolute Gasteiger partial charge is 0.125 e. The Labute approximate surface area is 107 Å². The van der Waals surface area contributed by atoms with Crippen LogP contribution in [0.25, 0.3) is 0 Å². The van der Waals surface area contributed by atoms with Gasteiger partial charge in [-0.05, 0) is 63.3 Å². The number of hydrogen-bond donors (Lipinski definition) is 1. The van der Waals surface area contributed by atoms with Gasteiger partial charge in [0, 0.05) is 11.1 Å². The number of benzene rings is 1. The average molecular weight is 257 g/mol. The lowest BCUT2D eigenvalue weighted by molar-refractivity contribution is 0.274. The summed E-state index contributed by atoms with van der Waals surface area (Å²) in [6, 6.07) is 5.09. The molecule has 0 amide bonds. The fourth-order valence-electron chi connectivity index (χ4n) is 2.77. The van der Waals surface area contributed by atoms with Gasteiger partial charge in [-0.1, -0.05) is 11.6 Å². The van der Waals surface area contributed by atoms with Gasteiger partial charge in [-0.3, -0.25) is 4.90 Å². The molecule has 0 radical (unpaired) electrons. The average Bonchev–Trinajstić information content (AvgIpc) is 2.59. The van der Waals surface area contributed by atoms with Gasteiger partial charge in [-0.15, -0.1) is 0 Å². The molecule has 2 atom stereocenters. The minimum absolute atomic E-state index is 0.254. The van der Waals surface area contributed by atoms with Crippen LogP contribution in [0, 0.1) is 11.7 Å². The molecule has 0 bridgehead atoms. The maximum absolute atomic E-state index is 13.4. The Morgan fingerprint density at radius 3 is 2.88 bits per heavy atom. The molecule has 2 rings (SSSR count). The molecule has 1 aromatic carbocycles. The van der Waals surface area contributed by atoms with Crippen molar-refractivity contribution in [3.63, 3.8) is 0 Å². The van der Waals surface area contributed by atoms with E-state index in [1.54, 1.807) is 6.07 Å². The lowest BCUT2D eigenvalue weighted by Gasteiger charge is -2.25. The van der Waals surface area contributed by atoms with Gasteiger partial charge in [-0.2, -0.15) is 0 Å². The number of nitrogens with one attached hydrogen (secondary N) is 1. The van der Waals surface area contributed by atoms with Crippen molar-refractivity contribution in [2.75, 3.05) is 27.2 Å². The molecular weight excluding hydrogens is 239 g/mol. The summed E-state index contributed by atoms with van der Waals surface area (Å²) in [5, 5.41) is 3.68. The van der Waals surface area contributed by atoms with Crippen LogP contribution in [0.15, 0.2) is 18.2 Å². The first-order valence-corrected chi connectivity index (χ1v) is 6.30. The molecule has 1 fully saturated rings. The second kappa shape index (κ2) is 5.34. The van der Waals surface area contributed by atoms with Crippen molar-refractivity contribution in [1.29, 1.82) is 0 Å². The standard InChI is InChI=1S/C13H18ClFN2/c1-16-8-9-3-4-17(2)13(9)10-5-11(14)7-12(15)6-10/h5-7,9,13,16H,3-4,8H2,1-2H3. The molecule has 17 heavy (non-hydrogen) atoms. The van der Waals surface area contributed by atoms with Crippen LogP contribution >= 0.6 is 11.6 Å². The van der Waals surface area contributed by atoms with Crippen LogP contribution < -0.4 is 5.32 Å². The Hall–Kier alpha value is -0.640. The highest BCUT2D eigenvalue weighted by Gasteiger charge is 2.32. The fourth-order valence-corrected chi connectivity index (χ4v) is 3.00. The third kappa shape index (κ3) is 2.79. The summed E-state index contributed by atoms with van der Waals surface area (Å²) >= 11 is 5.93. The molecule has 0 saturated carbocycles. The maximum atomic E-state index is 13.4. The monoisotopic (exact) mass is 256 g/mol. The van der Waals surface area contributed by atoms with Crippen molar-refractivity contribution in [2.45, 2.75) is 12.5 Å². The van der Waals surface area contributed by atoms with Crippen LogP contribution in [0.5, 0.6) is 0 Å². The number of likely N-dealkylation sites (tertiary alicyclic amines) is 1. The molecular formula is C13H18ClFN2. The molecule has 94 valence electrons. The van der Waals surface area contributed by atoms with E-state index in [0.717, 1.165) is 25.1 Å². The second-order valence-electron chi connectivity index (χ2n) is 4.73. The van der Waals surface area contributed by atoms with E-state index in [4.69, 9.17) is 11.6 Å². The highest BCUT2D eigenvalue weighted by Crippen LogP contribution is 2.36. The van der Waals surface area contributed by atoms with Gasteiger partial charge in [0.1, 0.15) is 5.82 Å². The summed E-state index contributed by atoms with van der Waals surface area (Å²) < 4.78 is 13.4. The van der Waals surface area contributed by atoms with E-state index in [9.17, 15) is 4.39 Å². The zero-order valence-electron chi connectivity index (χ0n) is 10.2. The van der Waals surface area contributed by atoms with Gasteiger partial charge in [0.25, 0.3) is 0 Å². The van der Waals surface area contributed by atoms with E-state index in [0.29, 0.717) is 10.9 Å². The number of rotatable bonds is 3. The predicted molar refractivity (Wildman–Crippen MR) is 68.8 cm³/mol. The largest absolute Gasteiger partial charge is 0.319 e. The summed E-state index contributed by atoms with van der Waals surface area (Å²) in [6.07, 6.45) is 1.14. The van der Waals surface area contributed by atoms with Crippen LogP contribution in [-0.2, 0) is 0 Å². The number of nitrogens with zero attached hydrogens (tertiary/aromatic N) is 1. The Kier molecular flexibility index (Phi) is 4.02. The van der Waals surface area contributed by atoms with Crippen molar-refractivity contribution < 1.29 is 4.39 Å². The zero-order valence-corrected chi connectivity index (χ0v) is 11.0. The summed E-state index contributed by atoms with van der Waals surface area (Å²) in [5.74, 6) is 0.263. The Balaban J connectivity index is 2.29. The molecule has 1 aromatic rings. The number of halogens is 2. The molecule has 1 aliphatic heterocycles. The van der Waals surface area contributed by atoms with Gasteiger partial charge < -0.3 is 5.32 Å². The molecule has 1 N–H and O–H groups in total. The van der Waals surface area contributed by atoms with Crippen LogP contribution in [0.1, 0.15) is 18.0 Å². The molecule has 0 spiro atoms. The first-order chi connectivity index (χ1) is 8.11. The van der Waals surface area contributed by atoms with Gasteiger partial charge in [-0.25, -0.2) is 4.39 Å². The molecule has 0 aliphatic carbocycles. The summed E-state index contributed by atoms with van der Waals surface area (Å²) in [7, 11) is 4.03. The summed E-state index contributed by atoms with van der Waals surface area (Å²) in [5.41, 5.74) is 0.982. The summed E-state index contributed by atoms with van der Waals surface area (Å²) in [6.45, 7) is 1.99. The highest BCUT2D eigenvalue weighted by atomic mass is 35.5. The number of hydrogen-bond acceptors (Lipinski definition) is 2. The van der Waals surface area contributed by atoms with E-state index in [1.165, 1.54) is 6.07 Å². The lowest BCUT2D eigenvalue weighted by Crippen LogP contribution is -2.26. The van der Waals surface area contributed by atoms with Crippen molar-refractivity contribution in [3.8, 4) is 0 Å². The molecule has 1 aliphatic rings. The minimum Gasteiger partial charge on any atom is -0.319 e. The van der Waals surface area contributed by atoms with Gasteiger partial charge in [0.15, 0.2) is 0 Å². The van der Waals surface area contributed by atoms with Crippen LogP contribution in [-0.4, -0.2) is 32.1 Å². The first kappa shape index (κ1) is 12.8. The van der Waals surface area contributed by atoms with Crippen molar-refractivity contribution in [1.82, 2.24) is 10.2 Å². The lowest BCUT2D eigenvalue weighted by atomic mass is 9.93. The minimum atomic E-state index is -0.254. The molecule has 4 heteroatoms. The van der Waals surface area contributed by atoms with Crippen molar-refractivity contribution >= 4 is 11.6 Å². The van der Waals surface area contributed by atoms with E-state index in [1.807, 2.05) is 13.1 Å². The fraction of sp³-hybridized carbons (Fsp3) is 0.538. The topological polar surface area (TPSA) is 15.3 Å². The molecule has 0 aromatic heterocycles. The second-order valence-corrected chi connectivity index (χ2v) is 5.17. The van der Waals surface area contributed by atoms with Crippen molar-refractivity contribution in [2.24, 2.45) is 5.92 Å². The first-order valence-electron chi connectivity index (χ1n) is 5.92. The quantitative estimate of drug-likeness (QED) is 0.895. The maximum Gasteiger partial charge on any atom is 0.125 e. The highest BCUT2D eigenvalue weighted by molar-refractivity contribution is 6.30. The normalized spacial score (nSPS) is 25.4. The predicted octanol–water partition coefficient (Wildman–Crippen LogP) is 2.69. The zero-order chi connectivity index (χ0) is 12.4. The molecule has 2 unspecified atom stereocenters. The third-order valence-electron chi connectivity index (χ3n) is 3.47. The molecule has 1 saturated heterocycles. The SMILES string of the molecule is CNCC1CCN(C)C1c1cc(F)cc(Cl)c1. The van der Waals surface area contributed by atoms with Gasteiger partial charge in [0.05, 0.1) is 0 Å². The van der Waals surface area contributed by atoms with Crippen LogP contribution in [0.2, 0.25) is 5.02 Å². The van der Waals surface area contributed by atoms with Crippen molar-refractivity contribution in [3.05, 3.63) is 34.6 Å². The van der Waals surface area contributed by atoms with E-state index in [2.05, 4.69) is 17.3 Å². The van der Waals surface area contributed by atoms with Gasteiger partial charge >= 0.3 is 0 Å². The van der Waals surface area contributed by atoms with E-state index < -0.39 is 0 Å². The van der Waals surface area contributed by atoms with E-state index >= 15 is 0 Å². The Bertz CT molecular complexity index is 375. The van der Waals surface area contributed by atoms with Crippen LogP contribution in [0.3, 0.4) is 0 Å². The molecule has 2 nitrogen and oxygen atoms in total.